The monoisotopic (exact) mass is 206 g/mol. The van der Waals surface area contributed by atoms with Gasteiger partial charge in [-0.15, -0.1) is 0 Å². The van der Waals surface area contributed by atoms with Crippen molar-refractivity contribution in [1.82, 2.24) is 0 Å². The summed E-state index contributed by atoms with van der Waals surface area (Å²) in [5.74, 6) is 0.919. The van der Waals surface area contributed by atoms with Gasteiger partial charge in [-0.1, -0.05) is 43.2 Å². The zero-order chi connectivity index (χ0) is 11.4. The van der Waals surface area contributed by atoms with E-state index >= 15 is 0 Å². The van der Waals surface area contributed by atoms with Crippen LogP contribution in [0.25, 0.3) is 0 Å². The minimum atomic E-state index is 0.282. The van der Waals surface area contributed by atoms with Crippen molar-refractivity contribution in [2.45, 2.75) is 34.1 Å². The molecule has 1 atom stereocenters. The standard InChI is InChI=1S/C14H22O/c1-10(2)14(9-15)8-13-6-11(3)5-12(4)7-13/h5-7,10,14-15H,8-9H2,1-4H3. The molecule has 1 rings (SSSR count). The number of aliphatic hydroxyl groups is 1. The first-order valence-electron chi connectivity index (χ1n) is 5.71. The van der Waals surface area contributed by atoms with E-state index in [-0.39, 0.29) is 6.61 Å². The number of aryl methyl sites for hydroxylation is 2. The first kappa shape index (κ1) is 12.3. The van der Waals surface area contributed by atoms with E-state index in [9.17, 15) is 5.11 Å². The molecule has 1 N–H and O–H groups in total. The molecule has 0 fully saturated rings. The maximum Gasteiger partial charge on any atom is 0.0464 e. The summed E-state index contributed by atoms with van der Waals surface area (Å²) < 4.78 is 0. The van der Waals surface area contributed by atoms with Gasteiger partial charge >= 0.3 is 0 Å². The second-order valence-electron chi connectivity index (χ2n) is 4.89. The first-order chi connectivity index (χ1) is 7.02. The quantitative estimate of drug-likeness (QED) is 0.802. The van der Waals surface area contributed by atoms with Gasteiger partial charge in [-0.25, -0.2) is 0 Å². The highest BCUT2D eigenvalue weighted by molar-refractivity contribution is 5.28. The highest BCUT2D eigenvalue weighted by atomic mass is 16.3. The Kier molecular flexibility index (Phi) is 4.34. The summed E-state index contributed by atoms with van der Waals surface area (Å²) in [6.45, 7) is 8.87. The Morgan fingerprint density at radius 1 is 1.07 bits per heavy atom. The predicted molar refractivity (Wildman–Crippen MR) is 65.0 cm³/mol. The topological polar surface area (TPSA) is 20.2 Å². The van der Waals surface area contributed by atoms with Crippen LogP contribution >= 0.6 is 0 Å². The van der Waals surface area contributed by atoms with Crippen LogP contribution < -0.4 is 0 Å². The molecule has 0 aromatic heterocycles. The van der Waals surface area contributed by atoms with Gasteiger partial charge in [0.05, 0.1) is 0 Å². The Balaban J connectivity index is 2.79. The van der Waals surface area contributed by atoms with Crippen LogP contribution in [0.15, 0.2) is 18.2 Å². The smallest absolute Gasteiger partial charge is 0.0464 e. The highest BCUT2D eigenvalue weighted by Crippen LogP contribution is 2.18. The van der Waals surface area contributed by atoms with Crippen molar-refractivity contribution in [3.63, 3.8) is 0 Å². The zero-order valence-electron chi connectivity index (χ0n) is 10.2. The van der Waals surface area contributed by atoms with E-state index in [0.717, 1.165) is 6.42 Å². The summed E-state index contributed by atoms with van der Waals surface area (Å²) in [7, 11) is 0. The number of hydrogen-bond donors (Lipinski definition) is 1. The summed E-state index contributed by atoms with van der Waals surface area (Å²) in [6, 6.07) is 6.63. The normalized spacial score (nSPS) is 13.2. The molecule has 0 spiro atoms. The average Bonchev–Trinajstić information content (AvgIpc) is 2.12. The van der Waals surface area contributed by atoms with Crippen molar-refractivity contribution in [1.29, 1.82) is 0 Å². The van der Waals surface area contributed by atoms with E-state index in [4.69, 9.17) is 0 Å². The van der Waals surface area contributed by atoms with E-state index in [0.29, 0.717) is 11.8 Å². The summed E-state index contributed by atoms with van der Waals surface area (Å²) in [6.07, 6.45) is 0.983. The van der Waals surface area contributed by atoms with Crippen LogP contribution in [-0.2, 0) is 6.42 Å². The van der Waals surface area contributed by atoms with Crippen LogP contribution in [-0.4, -0.2) is 11.7 Å². The number of hydrogen-bond acceptors (Lipinski definition) is 1. The third-order valence-electron chi connectivity index (χ3n) is 2.96. The van der Waals surface area contributed by atoms with Gasteiger partial charge in [0, 0.05) is 6.61 Å². The molecule has 0 aliphatic rings. The molecule has 1 unspecified atom stereocenters. The largest absolute Gasteiger partial charge is 0.396 e. The predicted octanol–water partition coefficient (Wildman–Crippen LogP) is 3.11. The van der Waals surface area contributed by atoms with Crippen LogP contribution in [0.2, 0.25) is 0 Å². The molecular weight excluding hydrogens is 184 g/mol. The molecule has 0 aliphatic carbocycles. The van der Waals surface area contributed by atoms with Gasteiger partial charge in [0.1, 0.15) is 0 Å². The van der Waals surface area contributed by atoms with Crippen molar-refractivity contribution in [2.24, 2.45) is 11.8 Å². The number of rotatable bonds is 4. The fraction of sp³-hybridized carbons (Fsp3) is 0.571. The molecule has 1 aromatic carbocycles. The van der Waals surface area contributed by atoms with Crippen molar-refractivity contribution in [3.8, 4) is 0 Å². The van der Waals surface area contributed by atoms with Crippen molar-refractivity contribution >= 4 is 0 Å². The Hall–Kier alpha value is -0.820. The zero-order valence-corrected chi connectivity index (χ0v) is 10.2. The first-order valence-corrected chi connectivity index (χ1v) is 5.71. The Bertz CT molecular complexity index is 295. The molecule has 0 bridgehead atoms. The lowest BCUT2D eigenvalue weighted by atomic mass is 9.89. The molecule has 84 valence electrons. The Labute approximate surface area is 93.1 Å². The molecule has 15 heavy (non-hydrogen) atoms. The molecule has 1 nitrogen and oxygen atoms in total. The SMILES string of the molecule is Cc1cc(C)cc(CC(CO)C(C)C)c1. The molecule has 0 aliphatic heterocycles. The van der Waals surface area contributed by atoms with Crippen LogP contribution in [0.3, 0.4) is 0 Å². The van der Waals surface area contributed by atoms with Crippen molar-refractivity contribution in [2.75, 3.05) is 6.61 Å². The van der Waals surface area contributed by atoms with Gasteiger partial charge in [0.15, 0.2) is 0 Å². The molecule has 0 amide bonds. The maximum atomic E-state index is 9.30. The minimum absolute atomic E-state index is 0.282. The average molecular weight is 206 g/mol. The summed E-state index contributed by atoms with van der Waals surface area (Å²) in [4.78, 5) is 0. The molecular formula is C14H22O. The number of benzene rings is 1. The van der Waals surface area contributed by atoms with Crippen molar-refractivity contribution in [3.05, 3.63) is 34.9 Å². The molecule has 0 heterocycles. The molecule has 0 radical (unpaired) electrons. The Morgan fingerprint density at radius 2 is 1.60 bits per heavy atom. The molecule has 1 aromatic rings. The second kappa shape index (κ2) is 5.32. The lowest BCUT2D eigenvalue weighted by Gasteiger charge is -2.18. The van der Waals surface area contributed by atoms with Crippen LogP contribution in [0.4, 0.5) is 0 Å². The fourth-order valence-corrected chi connectivity index (χ4v) is 2.00. The van der Waals surface area contributed by atoms with Gasteiger partial charge in [-0.3, -0.25) is 0 Å². The van der Waals surface area contributed by atoms with Gasteiger partial charge in [0.2, 0.25) is 0 Å². The third kappa shape index (κ3) is 3.67. The van der Waals surface area contributed by atoms with Gasteiger partial charge in [0.25, 0.3) is 0 Å². The van der Waals surface area contributed by atoms with Crippen LogP contribution in [0.5, 0.6) is 0 Å². The van der Waals surface area contributed by atoms with Crippen LogP contribution in [0.1, 0.15) is 30.5 Å². The molecule has 0 saturated carbocycles. The van der Waals surface area contributed by atoms with E-state index in [2.05, 4.69) is 45.9 Å². The highest BCUT2D eigenvalue weighted by Gasteiger charge is 2.12. The lowest BCUT2D eigenvalue weighted by molar-refractivity contribution is 0.189. The van der Waals surface area contributed by atoms with Gasteiger partial charge < -0.3 is 5.11 Å². The van der Waals surface area contributed by atoms with Gasteiger partial charge in [-0.05, 0) is 37.7 Å². The summed E-state index contributed by atoms with van der Waals surface area (Å²) >= 11 is 0. The van der Waals surface area contributed by atoms with E-state index < -0.39 is 0 Å². The third-order valence-corrected chi connectivity index (χ3v) is 2.96. The Morgan fingerprint density at radius 3 is 2.00 bits per heavy atom. The summed E-state index contributed by atoms with van der Waals surface area (Å²) in [5, 5.41) is 9.30. The maximum absolute atomic E-state index is 9.30. The fourth-order valence-electron chi connectivity index (χ4n) is 2.00. The van der Waals surface area contributed by atoms with Crippen molar-refractivity contribution < 1.29 is 5.11 Å². The molecule has 1 heteroatoms. The van der Waals surface area contributed by atoms with E-state index in [1.165, 1.54) is 16.7 Å². The van der Waals surface area contributed by atoms with Crippen LogP contribution in [0, 0.1) is 25.7 Å². The lowest BCUT2D eigenvalue weighted by Crippen LogP contribution is -2.16. The van der Waals surface area contributed by atoms with Gasteiger partial charge in [-0.2, -0.15) is 0 Å². The second-order valence-corrected chi connectivity index (χ2v) is 4.89. The minimum Gasteiger partial charge on any atom is -0.396 e. The summed E-state index contributed by atoms with van der Waals surface area (Å²) in [5.41, 5.74) is 3.97. The van der Waals surface area contributed by atoms with E-state index in [1.54, 1.807) is 0 Å². The number of aliphatic hydroxyl groups excluding tert-OH is 1. The van der Waals surface area contributed by atoms with E-state index in [1.807, 2.05) is 0 Å². The molecule has 0 saturated heterocycles.